The number of aliphatic imine (C=N–C) groups is 1. The van der Waals surface area contributed by atoms with Crippen LogP contribution in [0.2, 0.25) is 0 Å². The van der Waals surface area contributed by atoms with Crippen LogP contribution in [0, 0.1) is 0 Å². The average molecular weight is 387 g/mol. The summed E-state index contributed by atoms with van der Waals surface area (Å²) in [6.07, 6.45) is 1.95. The Morgan fingerprint density at radius 2 is 1.48 bits per heavy atom. The van der Waals surface area contributed by atoms with E-state index in [-0.39, 0.29) is 0 Å². The summed E-state index contributed by atoms with van der Waals surface area (Å²) in [5.41, 5.74) is 2.56. The molecule has 0 spiro atoms. The quantitative estimate of drug-likeness (QED) is 0.350. The molecule has 3 rings (SSSR count). The van der Waals surface area contributed by atoms with Crippen LogP contribution in [0.25, 0.3) is 0 Å². The highest BCUT2D eigenvalue weighted by atomic mass is 32.2. The first-order chi connectivity index (χ1) is 12.3. The molecule has 0 bridgehead atoms. The lowest BCUT2D eigenvalue weighted by atomic mass is 10.2. The van der Waals surface area contributed by atoms with Crippen molar-refractivity contribution in [1.82, 2.24) is 15.2 Å². The van der Waals surface area contributed by atoms with E-state index in [4.69, 9.17) is 0 Å². The zero-order valence-electron chi connectivity index (χ0n) is 13.8. The van der Waals surface area contributed by atoms with Crippen molar-refractivity contribution in [3.8, 4) is 0 Å². The number of aromatic amines is 1. The minimum Gasteiger partial charge on any atom is -0.242 e. The van der Waals surface area contributed by atoms with Gasteiger partial charge in [0.2, 0.25) is 11.1 Å². The van der Waals surface area contributed by atoms with Crippen LogP contribution in [0.4, 0.5) is 5.95 Å². The van der Waals surface area contributed by atoms with Gasteiger partial charge >= 0.3 is 0 Å². The van der Waals surface area contributed by atoms with Crippen molar-refractivity contribution in [2.75, 3.05) is 6.26 Å². The van der Waals surface area contributed by atoms with Gasteiger partial charge in [-0.25, -0.2) is 5.10 Å². The molecule has 0 saturated heterocycles. The second-order valence-corrected chi connectivity index (χ2v) is 8.03. The second-order valence-electron chi connectivity index (χ2n) is 5.07. The van der Waals surface area contributed by atoms with E-state index < -0.39 is 0 Å². The third kappa shape index (κ3) is 5.95. The Labute approximate surface area is 160 Å². The van der Waals surface area contributed by atoms with Crippen molar-refractivity contribution in [3.63, 3.8) is 0 Å². The second kappa shape index (κ2) is 9.70. The maximum Gasteiger partial charge on any atom is 0.247 e. The summed E-state index contributed by atoms with van der Waals surface area (Å²) in [7, 11) is 0. The molecule has 3 aromatic rings. The summed E-state index contributed by atoms with van der Waals surface area (Å²) in [4.78, 5) is 9.02. The lowest BCUT2D eigenvalue weighted by Gasteiger charge is -2.06. The lowest BCUT2D eigenvalue weighted by Crippen LogP contribution is -1.91. The van der Waals surface area contributed by atoms with E-state index in [1.54, 1.807) is 23.5 Å². The van der Waals surface area contributed by atoms with Crippen LogP contribution in [-0.2, 0) is 11.5 Å². The van der Waals surface area contributed by atoms with Gasteiger partial charge in [-0.3, -0.25) is 0 Å². The molecule has 128 valence electrons. The number of hydrogen-bond acceptors (Lipinski definition) is 6. The normalized spacial score (nSPS) is 10.6. The summed E-state index contributed by atoms with van der Waals surface area (Å²) < 4.78 is 0.983. The van der Waals surface area contributed by atoms with Crippen LogP contribution < -0.4 is 0 Å². The number of nitrogens with zero attached hydrogens (tertiary/aromatic N) is 3. The Hall–Kier alpha value is -1.70. The highest BCUT2D eigenvalue weighted by Crippen LogP contribution is 2.27. The van der Waals surface area contributed by atoms with Gasteiger partial charge in [-0.2, -0.15) is 9.98 Å². The molecule has 0 unspecified atom stereocenters. The van der Waals surface area contributed by atoms with E-state index in [0.717, 1.165) is 15.9 Å². The highest BCUT2D eigenvalue weighted by molar-refractivity contribution is 8.38. The fraction of sp³-hybridized carbons (Fsp3) is 0.167. The van der Waals surface area contributed by atoms with E-state index in [2.05, 4.69) is 68.7 Å². The Balaban J connectivity index is 1.70. The Kier molecular flexibility index (Phi) is 7.02. The van der Waals surface area contributed by atoms with E-state index in [0.29, 0.717) is 11.1 Å². The highest BCUT2D eigenvalue weighted by Gasteiger charge is 2.07. The SMILES string of the molecule is CSc1n[nH]c(N=C(SCc2ccccc2)SCc2ccccc2)n1. The number of thioether (sulfide) groups is 3. The minimum absolute atomic E-state index is 0.556. The van der Waals surface area contributed by atoms with Gasteiger partial charge < -0.3 is 0 Å². The summed E-state index contributed by atoms with van der Waals surface area (Å²) in [6, 6.07) is 20.8. The topological polar surface area (TPSA) is 53.9 Å². The molecule has 1 heterocycles. The first-order valence-corrected chi connectivity index (χ1v) is 10.9. The van der Waals surface area contributed by atoms with Crippen molar-refractivity contribution < 1.29 is 0 Å². The van der Waals surface area contributed by atoms with Gasteiger partial charge in [0.25, 0.3) is 0 Å². The molecule has 0 fully saturated rings. The number of rotatable bonds is 6. The van der Waals surface area contributed by atoms with Crippen LogP contribution >= 0.6 is 35.3 Å². The molecule has 0 atom stereocenters. The maximum absolute atomic E-state index is 4.66. The summed E-state index contributed by atoms with van der Waals surface area (Å²) in [5, 5.41) is 7.72. The van der Waals surface area contributed by atoms with Crippen molar-refractivity contribution in [2.24, 2.45) is 4.99 Å². The Bertz CT molecular complexity index is 758. The van der Waals surface area contributed by atoms with Crippen LogP contribution in [0.5, 0.6) is 0 Å². The van der Waals surface area contributed by atoms with Crippen molar-refractivity contribution in [2.45, 2.75) is 16.7 Å². The molecular formula is C18H18N4S3. The third-order valence-corrected chi connectivity index (χ3v) is 6.13. The standard InChI is InChI=1S/C18H18N4S3/c1-23-17-19-16(21-22-17)20-18(24-12-14-8-4-2-5-9-14)25-13-15-10-6-3-7-11-15/h2-11H,12-13H2,1H3,(H,19,21,22). The van der Waals surface area contributed by atoms with E-state index in [1.165, 1.54) is 22.9 Å². The predicted molar refractivity (Wildman–Crippen MR) is 111 cm³/mol. The van der Waals surface area contributed by atoms with Gasteiger partial charge in [-0.15, -0.1) is 5.10 Å². The summed E-state index contributed by atoms with van der Waals surface area (Å²) >= 11 is 4.95. The number of hydrogen-bond donors (Lipinski definition) is 1. The molecule has 2 aromatic carbocycles. The first kappa shape index (κ1) is 18.1. The fourth-order valence-corrected chi connectivity index (χ4v) is 4.28. The molecule has 0 amide bonds. The molecule has 0 aliphatic heterocycles. The fourth-order valence-electron chi connectivity index (χ4n) is 2.01. The number of aromatic nitrogens is 3. The van der Waals surface area contributed by atoms with Crippen LogP contribution in [-0.4, -0.2) is 25.8 Å². The van der Waals surface area contributed by atoms with Gasteiger partial charge in [-0.1, -0.05) is 95.9 Å². The van der Waals surface area contributed by atoms with Gasteiger partial charge in [-0.05, 0) is 17.4 Å². The Morgan fingerprint density at radius 3 is 1.96 bits per heavy atom. The summed E-state index contributed by atoms with van der Waals surface area (Å²) in [6.45, 7) is 0. The van der Waals surface area contributed by atoms with Gasteiger partial charge in [0.1, 0.15) is 4.38 Å². The van der Waals surface area contributed by atoms with Crippen molar-refractivity contribution in [3.05, 3.63) is 71.8 Å². The summed E-state index contributed by atoms with van der Waals surface area (Å²) in [5.74, 6) is 2.32. The van der Waals surface area contributed by atoms with Crippen LogP contribution in [0.15, 0.2) is 70.8 Å². The van der Waals surface area contributed by atoms with Crippen LogP contribution in [0.1, 0.15) is 11.1 Å². The van der Waals surface area contributed by atoms with E-state index in [9.17, 15) is 0 Å². The largest absolute Gasteiger partial charge is 0.247 e. The number of nitrogens with one attached hydrogen (secondary N) is 1. The number of H-pyrrole nitrogens is 1. The Morgan fingerprint density at radius 1 is 0.920 bits per heavy atom. The first-order valence-electron chi connectivity index (χ1n) is 7.72. The third-order valence-electron chi connectivity index (χ3n) is 3.24. The predicted octanol–water partition coefficient (Wildman–Crippen LogP) is 5.38. The van der Waals surface area contributed by atoms with E-state index >= 15 is 0 Å². The molecule has 0 saturated carbocycles. The molecule has 0 aliphatic rings. The molecule has 0 aliphatic carbocycles. The van der Waals surface area contributed by atoms with Gasteiger partial charge in [0.15, 0.2) is 0 Å². The van der Waals surface area contributed by atoms with Gasteiger partial charge in [0, 0.05) is 11.5 Å². The zero-order valence-corrected chi connectivity index (χ0v) is 16.2. The molecule has 1 aromatic heterocycles. The number of benzene rings is 2. The lowest BCUT2D eigenvalue weighted by molar-refractivity contribution is 0.976. The molecular weight excluding hydrogens is 368 g/mol. The van der Waals surface area contributed by atoms with Crippen molar-refractivity contribution in [1.29, 1.82) is 0 Å². The smallest absolute Gasteiger partial charge is 0.242 e. The maximum atomic E-state index is 4.66. The molecule has 25 heavy (non-hydrogen) atoms. The van der Waals surface area contributed by atoms with Crippen molar-refractivity contribution >= 4 is 45.6 Å². The van der Waals surface area contributed by atoms with Crippen LogP contribution in [0.3, 0.4) is 0 Å². The monoisotopic (exact) mass is 386 g/mol. The van der Waals surface area contributed by atoms with E-state index in [1.807, 2.05) is 18.4 Å². The molecule has 7 heteroatoms. The van der Waals surface area contributed by atoms with Gasteiger partial charge in [0.05, 0.1) is 0 Å². The minimum atomic E-state index is 0.556. The molecule has 1 N–H and O–H groups in total. The molecule has 0 radical (unpaired) electrons. The zero-order chi connectivity index (χ0) is 17.3. The average Bonchev–Trinajstić information content (AvgIpc) is 3.13. The molecule has 4 nitrogen and oxygen atoms in total.